The summed E-state index contributed by atoms with van der Waals surface area (Å²) in [6, 6.07) is 12.2. The number of nitrogens with zero attached hydrogens (tertiary/aromatic N) is 1. The van der Waals surface area contributed by atoms with Crippen LogP contribution in [0.3, 0.4) is 0 Å². The van der Waals surface area contributed by atoms with Gasteiger partial charge in [0, 0.05) is 5.38 Å². The molecule has 0 saturated carbocycles. The van der Waals surface area contributed by atoms with Gasteiger partial charge in [-0.1, -0.05) is 12.1 Å². The minimum atomic E-state index is -0.544. The van der Waals surface area contributed by atoms with Gasteiger partial charge in [0.05, 0.1) is 18.4 Å². The van der Waals surface area contributed by atoms with Gasteiger partial charge in [0.2, 0.25) is 0 Å². The van der Waals surface area contributed by atoms with Crippen LogP contribution < -0.4 is 10.1 Å². The average Bonchev–Trinajstić information content (AvgIpc) is 3.16. The van der Waals surface area contributed by atoms with Crippen LogP contribution in [0, 0.1) is 5.82 Å². The molecular weight excluding hydrogens is 371 g/mol. The summed E-state index contributed by atoms with van der Waals surface area (Å²) in [6.45, 7) is 0.155. The van der Waals surface area contributed by atoms with Crippen molar-refractivity contribution in [2.75, 3.05) is 12.4 Å². The molecule has 0 saturated heterocycles. The Bertz CT molecular complexity index is 956. The molecule has 27 heavy (non-hydrogen) atoms. The van der Waals surface area contributed by atoms with Crippen LogP contribution in [0.5, 0.6) is 5.75 Å². The predicted octanol–water partition coefficient (Wildman–Crippen LogP) is 3.90. The SMILES string of the molecule is COC(=O)c1ccccc1NC(=O)c1csc(COc2ccc(F)cc2)n1. The third-order valence-corrected chi connectivity index (χ3v) is 4.36. The Balaban J connectivity index is 1.65. The lowest BCUT2D eigenvalue weighted by atomic mass is 10.2. The molecule has 1 N–H and O–H groups in total. The summed E-state index contributed by atoms with van der Waals surface area (Å²) in [5, 5.41) is 4.84. The number of rotatable bonds is 6. The van der Waals surface area contributed by atoms with Crippen molar-refractivity contribution in [1.29, 1.82) is 0 Å². The number of amides is 1. The molecule has 0 atom stereocenters. The molecule has 6 nitrogen and oxygen atoms in total. The van der Waals surface area contributed by atoms with Gasteiger partial charge in [0.15, 0.2) is 0 Å². The van der Waals surface area contributed by atoms with Crippen molar-refractivity contribution in [3.8, 4) is 5.75 Å². The Morgan fingerprint density at radius 1 is 1.15 bits per heavy atom. The molecule has 138 valence electrons. The van der Waals surface area contributed by atoms with E-state index in [9.17, 15) is 14.0 Å². The summed E-state index contributed by atoms with van der Waals surface area (Å²) >= 11 is 1.26. The molecule has 0 aliphatic rings. The second-order valence-corrected chi connectivity index (χ2v) is 6.30. The molecule has 0 bridgehead atoms. The van der Waals surface area contributed by atoms with E-state index in [0.717, 1.165) is 0 Å². The number of hydrogen-bond donors (Lipinski definition) is 1. The smallest absolute Gasteiger partial charge is 0.339 e. The highest BCUT2D eigenvalue weighted by molar-refractivity contribution is 7.09. The van der Waals surface area contributed by atoms with Crippen LogP contribution in [-0.4, -0.2) is 24.0 Å². The van der Waals surface area contributed by atoms with Gasteiger partial charge in [0.1, 0.15) is 28.9 Å². The van der Waals surface area contributed by atoms with Gasteiger partial charge in [-0.25, -0.2) is 14.2 Å². The van der Waals surface area contributed by atoms with E-state index in [1.54, 1.807) is 29.6 Å². The molecule has 0 fully saturated rings. The fraction of sp³-hybridized carbons (Fsp3) is 0.105. The highest BCUT2D eigenvalue weighted by Crippen LogP contribution is 2.19. The molecular formula is C19H15FN2O4S. The summed E-state index contributed by atoms with van der Waals surface area (Å²) in [5.74, 6) is -0.833. The lowest BCUT2D eigenvalue weighted by Gasteiger charge is -2.08. The van der Waals surface area contributed by atoms with Crippen molar-refractivity contribution in [3.63, 3.8) is 0 Å². The third-order valence-electron chi connectivity index (χ3n) is 3.54. The van der Waals surface area contributed by atoms with Gasteiger partial charge >= 0.3 is 5.97 Å². The second-order valence-electron chi connectivity index (χ2n) is 5.36. The molecule has 3 aromatic rings. The number of hydrogen-bond acceptors (Lipinski definition) is 6. The number of anilines is 1. The standard InChI is InChI=1S/C19H15FN2O4S/c1-25-19(24)14-4-2-3-5-15(14)22-18(23)16-11-27-17(21-16)10-26-13-8-6-12(20)7-9-13/h2-9,11H,10H2,1H3,(H,22,23). The molecule has 3 rings (SSSR count). The predicted molar refractivity (Wildman–Crippen MR) is 98.6 cm³/mol. The van der Waals surface area contributed by atoms with Gasteiger partial charge in [0.25, 0.3) is 5.91 Å². The van der Waals surface area contributed by atoms with Crippen molar-refractivity contribution in [2.24, 2.45) is 0 Å². The van der Waals surface area contributed by atoms with E-state index in [0.29, 0.717) is 16.4 Å². The number of ether oxygens (including phenoxy) is 2. The van der Waals surface area contributed by atoms with Crippen LogP contribution in [0.25, 0.3) is 0 Å². The maximum Gasteiger partial charge on any atom is 0.339 e. The first kappa shape index (κ1) is 18.5. The highest BCUT2D eigenvalue weighted by Gasteiger charge is 2.16. The number of methoxy groups -OCH3 is 1. The van der Waals surface area contributed by atoms with Crippen LogP contribution in [-0.2, 0) is 11.3 Å². The number of nitrogens with one attached hydrogen (secondary N) is 1. The zero-order valence-corrected chi connectivity index (χ0v) is 15.1. The number of benzene rings is 2. The number of aromatic nitrogens is 1. The van der Waals surface area contributed by atoms with Crippen molar-refractivity contribution < 1.29 is 23.5 Å². The summed E-state index contributed by atoms with van der Waals surface area (Å²) in [5.41, 5.74) is 0.798. The van der Waals surface area contributed by atoms with Gasteiger partial charge < -0.3 is 14.8 Å². The molecule has 1 amide bonds. The number of esters is 1. The molecule has 2 aromatic carbocycles. The van der Waals surface area contributed by atoms with Crippen LogP contribution in [0.15, 0.2) is 53.9 Å². The van der Waals surface area contributed by atoms with Gasteiger partial charge in [-0.05, 0) is 36.4 Å². The Morgan fingerprint density at radius 3 is 2.63 bits per heavy atom. The first-order valence-corrected chi connectivity index (χ1v) is 8.76. The maximum atomic E-state index is 12.9. The highest BCUT2D eigenvalue weighted by atomic mass is 32.1. The quantitative estimate of drug-likeness (QED) is 0.650. The summed E-state index contributed by atoms with van der Waals surface area (Å²) in [7, 11) is 1.27. The monoisotopic (exact) mass is 386 g/mol. The van der Waals surface area contributed by atoms with E-state index in [2.05, 4.69) is 10.3 Å². The fourth-order valence-electron chi connectivity index (χ4n) is 2.22. The van der Waals surface area contributed by atoms with Crippen molar-refractivity contribution in [3.05, 3.63) is 76.0 Å². The minimum Gasteiger partial charge on any atom is -0.486 e. The lowest BCUT2D eigenvalue weighted by Crippen LogP contribution is -2.15. The average molecular weight is 386 g/mol. The number of halogens is 1. The Labute approximate surface area is 158 Å². The zero-order chi connectivity index (χ0) is 19.2. The Hall–Kier alpha value is -3.26. The summed E-state index contributed by atoms with van der Waals surface area (Å²) in [4.78, 5) is 28.4. The molecule has 1 aromatic heterocycles. The fourth-order valence-corrected chi connectivity index (χ4v) is 2.91. The Morgan fingerprint density at radius 2 is 1.89 bits per heavy atom. The largest absolute Gasteiger partial charge is 0.486 e. The van der Waals surface area contributed by atoms with Crippen molar-refractivity contribution >= 4 is 28.9 Å². The minimum absolute atomic E-state index is 0.155. The first-order chi connectivity index (χ1) is 13.1. The van der Waals surface area contributed by atoms with Crippen molar-refractivity contribution in [2.45, 2.75) is 6.61 Å². The number of para-hydroxylation sites is 1. The van der Waals surface area contributed by atoms with E-state index < -0.39 is 11.9 Å². The molecule has 0 spiro atoms. The van der Waals surface area contributed by atoms with Gasteiger partial charge in [-0.2, -0.15) is 0 Å². The van der Waals surface area contributed by atoms with Crippen molar-refractivity contribution in [1.82, 2.24) is 4.98 Å². The number of thiazole rings is 1. The summed E-state index contributed by atoms with van der Waals surface area (Å²) in [6.07, 6.45) is 0. The van der Waals surface area contributed by atoms with E-state index in [1.807, 2.05) is 0 Å². The zero-order valence-electron chi connectivity index (χ0n) is 14.3. The van der Waals surface area contributed by atoms with E-state index in [-0.39, 0.29) is 23.7 Å². The molecule has 0 unspecified atom stereocenters. The maximum absolute atomic E-state index is 12.9. The Kier molecular flexibility index (Phi) is 5.77. The molecule has 8 heteroatoms. The van der Waals surface area contributed by atoms with E-state index in [4.69, 9.17) is 9.47 Å². The number of carbonyl (C=O) groups excluding carboxylic acids is 2. The first-order valence-electron chi connectivity index (χ1n) is 7.88. The third kappa shape index (κ3) is 4.68. The van der Waals surface area contributed by atoms with Gasteiger partial charge in [-0.3, -0.25) is 4.79 Å². The normalized spacial score (nSPS) is 10.3. The molecule has 0 radical (unpaired) electrons. The molecule has 0 aliphatic carbocycles. The van der Waals surface area contributed by atoms with Crippen LogP contribution in [0.1, 0.15) is 25.9 Å². The molecule has 0 aliphatic heterocycles. The van der Waals surface area contributed by atoms with E-state index >= 15 is 0 Å². The van der Waals surface area contributed by atoms with Gasteiger partial charge in [-0.15, -0.1) is 11.3 Å². The molecule has 1 heterocycles. The lowest BCUT2D eigenvalue weighted by molar-refractivity contribution is 0.0602. The van der Waals surface area contributed by atoms with E-state index in [1.165, 1.54) is 42.7 Å². The number of carbonyl (C=O) groups is 2. The van der Waals surface area contributed by atoms with Crippen LogP contribution in [0.2, 0.25) is 0 Å². The summed E-state index contributed by atoms with van der Waals surface area (Å²) < 4.78 is 23.1. The van der Waals surface area contributed by atoms with Crippen LogP contribution >= 0.6 is 11.3 Å². The topological polar surface area (TPSA) is 77.5 Å². The van der Waals surface area contributed by atoms with Crippen LogP contribution in [0.4, 0.5) is 10.1 Å². The second kappa shape index (κ2) is 8.41.